The molecule has 0 fully saturated rings. The Morgan fingerprint density at radius 1 is 1.50 bits per heavy atom. The summed E-state index contributed by atoms with van der Waals surface area (Å²) >= 11 is 0. The molecular weight excluding hydrogens is 200 g/mol. The van der Waals surface area contributed by atoms with Crippen LogP contribution in [0.4, 0.5) is 5.69 Å². The van der Waals surface area contributed by atoms with E-state index in [4.69, 9.17) is 6.42 Å². The first-order valence-corrected chi connectivity index (χ1v) is 5.21. The molecule has 0 aliphatic heterocycles. The van der Waals surface area contributed by atoms with Crippen LogP contribution in [0.15, 0.2) is 24.3 Å². The van der Waals surface area contributed by atoms with Gasteiger partial charge < -0.3 is 10.6 Å². The Morgan fingerprint density at radius 3 is 2.88 bits per heavy atom. The lowest BCUT2D eigenvalue weighted by Crippen LogP contribution is -2.30. The van der Waals surface area contributed by atoms with Gasteiger partial charge in [0.2, 0.25) is 0 Å². The van der Waals surface area contributed by atoms with Crippen LogP contribution in [0.2, 0.25) is 0 Å². The number of hydrogen-bond acceptors (Lipinski definition) is 2. The number of carbonyl (C=O) groups excluding carboxylic acids is 1. The Labute approximate surface area is 96.2 Å². The second kappa shape index (κ2) is 5.82. The molecule has 0 aliphatic rings. The molecule has 1 aromatic carbocycles. The van der Waals surface area contributed by atoms with Crippen molar-refractivity contribution in [3.63, 3.8) is 0 Å². The van der Waals surface area contributed by atoms with E-state index in [1.165, 1.54) is 0 Å². The van der Waals surface area contributed by atoms with E-state index in [0.717, 1.165) is 5.69 Å². The normalized spacial score (nSPS) is 9.62. The number of amides is 1. The molecule has 1 amide bonds. The zero-order chi connectivity index (χ0) is 12.0. The minimum Gasteiger partial charge on any atom is -0.374 e. The van der Waals surface area contributed by atoms with Crippen LogP contribution >= 0.6 is 0 Å². The summed E-state index contributed by atoms with van der Waals surface area (Å²) in [6.45, 7) is 4.31. The average molecular weight is 216 g/mol. The van der Waals surface area contributed by atoms with Gasteiger partial charge in [-0.15, -0.1) is 6.42 Å². The largest absolute Gasteiger partial charge is 0.374 e. The number of carbonyl (C=O) groups is 1. The van der Waals surface area contributed by atoms with Crippen LogP contribution in [0.25, 0.3) is 0 Å². The standard InChI is InChI=1S/C13H16N2O/c1-4-8-14-12-7-5-6-11(9-12)13(16)15-10(2)3/h1,5-7,9-10,14H,8H2,2-3H3,(H,15,16). The molecule has 0 atom stereocenters. The predicted molar refractivity (Wildman–Crippen MR) is 66.4 cm³/mol. The smallest absolute Gasteiger partial charge is 0.251 e. The SMILES string of the molecule is C#CCNc1cccc(C(=O)NC(C)C)c1. The molecule has 1 aromatic rings. The first kappa shape index (κ1) is 12.1. The van der Waals surface area contributed by atoms with E-state index < -0.39 is 0 Å². The van der Waals surface area contributed by atoms with Crippen molar-refractivity contribution in [3.8, 4) is 12.3 Å². The molecule has 1 rings (SSSR count). The third-order valence-electron chi connectivity index (χ3n) is 1.94. The van der Waals surface area contributed by atoms with E-state index in [0.29, 0.717) is 12.1 Å². The van der Waals surface area contributed by atoms with Gasteiger partial charge in [0.05, 0.1) is 6.54 Å². The highest BCUT2D eigenvalue weighted by Gasteiger charge is 2.06. The highest BCUT2D eigenvalue weighted by atomic mass is 16.1. The van der Waals surface area contributed by atoms with Crippen molar-refractivity contribution in [3.05, 3.63) is 29.8 Å². The molecule has 3 heteroatoms. The molecule has 2 N–H and O–H groups in total. The van der Waals surface area contributed by atoms with Crippen molar-refractivity contribution in [1.82, 2.24) is 5.32 Å². The molecule has 84 valence electrons. The number of nitrogens with one attached hydrogen (secondary N) is 2. The fourth-order valence-electron chi connectivity index (χ4n) is 1.27. The van der Waals surface area contributed by atoms with Crippen molar-refractivity contribution >= 4 is 11.6 Å². The Hall–Kier alpha value is -1.95. The first-order valence-electron chi connectivity index (χ1n) is 5.21. The zero-order valence-electron chi connectivity index (χ0n) is 9.58. The lowest BCUT2D eigenvalue weighted by atomic mass is 10.2. The molecule has 0 bridgehead atoms. The van der Waals surface area contributed by atoms with Crippen LogP contribution in [0, 0.1) is 12.3 Å². The Balaban J connectivity index is 2.74. The Bertz CT molecular complexity index is 405. The molecule has 0 saturated heterocycles. The summed E-state index contributed by atoms with van der Waals surface area (Å²) in [6.07, 6.45) is 5.15. The van der Waals surface area contributed by atoms with Gasteiger partial charge in [-0.1, -0.05) is 12.0 Å². The average Bonchev–Trinajstić information content (AvgIpc) is 2.26. The van der Waals surface area contributed by atoms with Crippen molar-refractivity contribution < 1.29 is 4.79 Å². The minimum absolute atomic E-state index is 0.0700. The van der Waals surface area contributed by atoms with Crippen LogP contribution in [-0.4, -0.2) is 18.5 Å². The van der Waals surface area contributed by atoms with Crippen molar-refractivity contribution in [2.24, 2.45) is 0 Å². The Morgan fingerprint density at radius 2 is 2.25 bits per heavy atom. The van der Waals surface area contributed by atoms with Gasteiger partial charge in [-0.2, -0.15) is 0 Å². The summed E-state index contributed by atoms with van der Waals surface area (Å²) in [5, 5.41) is 5.86. The topological polar surface area (TPSA) is 41.1 Å². The highest BCUT2D eigenvalue weighted by Crippen LogP contribution is 2.10. The number of terminal acetylenes is 1. The molecule has 0 spiro atoms. The van der Waals surface area contributed by atoms with E-state index in [1.807, 2.05) is 26.0 Å². The monoisotopic (exact) mass is 216 g/mol. The summed E-state index contributed by atoms with van der Waals surface area (Å²) in [6, 6.07) is 7.40. The molecule has 0 heterocycles. The van der Waals surface area contributed by atoms with Crippen LogP contribution < -0.4 is 10.6 Å². The number of anilines is 1. The van der Waals surface area contributed by atoms with Crippen LogP contribution in [0.5, 0.6) is 0 Å². The van der Waals surface area contributed by atoms with Crippen LogP contribution in [0.1, 0.15) is 24.2 Å². The summed E-state index contributed by atoms with van der Waals surface area (Å²) in [5.74, 6) is 2.42. The third-order valence-corrected chi connectivity index (χ3v) is 1.94. The first-order chi connectivity index (χ1) is 7.63. The summed E-state index contributed by atoms with van der Waals surface area (Å²) in [4.78, 5) is 11.7. The van der Waals surface area contributed by atoms with Crippen molar-refractivity contribution in [2.75, 3.05) is 11.9 Å². The fraction of sp³-hybridized carbons (Fsp3) is 0.308. The number of hydrogen-bond donors (Lipinski definition) is 2. The zero-order valence-corrected chi connectivity index (χ0v) is 9.58. The number of benzene rings is 1. The summed E-state index contributed by atoms with van der Waals surface area (Å²) in [7, 11) is 0. The minimum atomic E-state index is -0.0700. The summed E-state index contributed by atoms with van der Waals surface area (Å²) in [5.41, 5.74) is 1.49. The van der Waals surface area contributed by atoms with Gasteiger partial charge in [0.15, 0.2) is 0 Å². The molecule has 0 saturated carbocycles. The third kappa shape index (κ3) is 3.66. The van der Waals surface area contributed by atoms with Gasteiger partial charge in [-0.05, 0) is 32.0 Å². The predicted octanol–water partition coefficient (Wildman–Crippen LogP) is 1.87. The van der Waals surface area contributed by atoms with Gasteiger partial charge in [-0.25, -0.2) is 0 Å². The lowest BCUT2D eigenvalue weighted by Gasteiger charge is -2.09. The quantitative estimate of drug-likeness (QED) is 0.754. The molecule has 16 heavy (non-hydrogen) atoms. The van der Waals surface area contributed by atoms with Gasteiger partial charge >= 0.3 is 0 Å². The number of rotatable bonds is 4. The molecule has 0 unspecified atom stereocenters. The van der Waals surface area contributed by atoms with E-state index in [-0.39, 0.29) is 11.9 Å². The van der Waals surface area contributed by atoms with E-state index in [1.54, 1.807) is 12.1 Å². The second-order valence-corrected chi connectivity index (χ2v) is 3.77. The summed E-state index contributed by atoms with van der Waals surface area (Å²) < 4.78 is 0. The maximum absolute atomic E-state index is 11.7. The van der Waals surface area contributed by atoms with Gasteiger partial charge in [0.25, 0.3) is 5.91 Å². The fourth-order valence-corrected chi connectivity index (χ4v) is 1.27. The molecule has 0 aliphatic carbocycles. The second-order valence-electron chi connectivity index (χ2n) is 3.77. The lowest BCUT2D eigenvalue weighted by molar-refractivity contribution is 0.0943. The van der Waals surface area contributed by atoms with Crippen LogP contribution in [-0.2, 0) is 0 Å². The van der Waals surface area contributed by atoms with Gasteiger partial charge in [0, 0.05) is 17.3 Å². The van der Waals surface area contributed by atoms with E-state index in [9.17, 15) is 4.79 Å². The molecule has 3 nitrogen and oxygen atoms in total. The van der Waals surface area contributed by atoms with Crippen LogP contribution in [0.3, 0.4) is 0 Å². The van der Waals surface area contributed by atoms with Gasteiger partial charge in [-0.3, -0.25) is 4.79 Å². The van der Waals surface area contributed by atoms with Crippen molar-refractivity contribution in [2.45, 2.75) is 19.9 Å². The maximum atomic E-state index is 11.7. The highest BCUT2D eigenvalue weighted by molar-refractivity contribution is 5.95. The van der Waals surface area contributed by atoms with Crippen molar-refractivity contribution in [1.29, 1.82) is 0 Å². The molecular formula is C13H16N2O. The molecule has 0 radical (unpaired) electrons. The maximum Gasteiger partial charge on any atom is 0.251 e. The van der Waals surface area contributed by atoms with E-state index in [2.05, 4.69) is 16.6 Å². The Kier molecular flexibility index (Phi) is 4.41. The molecule has 0 aromatic heterocycles. The van der Waals surface area contributed by atoms with Gasteiger partial charge in [0.1, 0.15) is 0 Å². The van der Waals surface area contributed by atoms with E-state index >= 15 is 0 Å².